The predicted molar refractivity (Wildman–Crippen MR) is 103 cm³/mol. The van der Waals surface area contributed by atoms with Crippen LogP contribution in [0.5, 0.6) is 5.75 Å². The standard InChI is InChI=1S/C20H24ClF5N2O/c1-5-14-16(21)17(28(6-2)27-14)13-8-7-12(9-15(13)29-18(22)23)10-19(3,4)11-20(24,25)26/h7-9,18H,5-6,10-11H2,1-4H3. The summed E-state index contributed by atoms with van der Waals surface area (Å²) in [4.78, 5) is 0. The first-order valence-corrected chi connectivity index (χ1v) is 9.64. The maximum absolute atomic E-state index is 13.0. The van der Waals surface area contributed by atoms with Gasteiger partial charge in [0.15, 0.2) is 0 Å². The number of rotatable bonds is 8. The van der Waals surface area contributed by atoms with Crippen molar-refractivity contribution in [3.05, 3.63) is 34.5 Å². The third kappa shape index (κ3) is 6.07. The lowest BCUT2D eigenvalue weighted by Crippen LogP contribution is -2.24. The average Bonchev–Trinajstić information content (AvgIpc) is 2.87. The van der Waals surface area contributed by atoms with E-state index >= 15 is 0 Å². The van der Waals surface area contributed by atoms with Gasteiger partial charge in [-0.1, -0.05) is 38.4 Å². The number of hydrogen-bond acceptors (Lipinski definition) is 2. The molecule has 1 aromatic heterocycles. The van der Waals surface area contributed by atoms with Crippen molar-refractivity contribution < 1.29 is 26.7 Å². The smallest absolute Gasteiger partial charge is 0.389 e. The Hall–Kier alpha value is -1.83. The maximum Gasteiger partial charge on any atom is 0.389 e. The molecule has 2 aromatic rings. The van der Waals surface area contributed by atoms with Gasteiger partial charge in [0.25, 0.3) is 0 Å². The van der Waals surface area contributed by atoms with Gasteiger partial charge >= 0.3 is 12.8 Å². The Balaban J connectivity index is 2.50. The van der Waals surface area contributed by atoms with Gasteiger partial charge in [0, 0.05) is 18.5 Å². The van der Waals surface area contributed by atoms with Gasteiger partial charge in [-0.25, -0.2) is 0 Å². The number of aryl methyl sites for hydroxylation is 2. The van der Waals surface area contributed by atoms with Gasteiger partial charge < -0.3 is 4.74 Å². The van der Waals surface area contributed by atoms with Gasteiger partial charge in [-0.3, -0.25) is 4.68 Å². The Bertz CT molecular complexity index is 846. The number of halogens is 6. The monoisotopic (exact) mass is 438 g/mol. The van der Waals surface area contributed by atoms with Crippen molar-refractivity contribution in [1.82, 2.24) is 9.78 Å². The lowest BCUT2D eigenvalue weighted by molar-refractivity contribution is -0.154. The van der Waals surface area contributed by atoms with Crippen molar-refractivity contribution in [2.45, 2.75) is 66.3 Å². The number of ether oxygens (including phenoxy) is 1. The molecule has 9 heteroatoms. The fourth-order valence-corrected chi connectivity index (χ4v) is 3.80. The van der Waals surface area contributed by atoms with E-state index in [0.717, 1.165) is 0 Å². The molecule has 0 aliphatic heterocycles. The topological polar surface area (TPSA) is 27.1 Å². The summed E-state index contributed by atoms with van der Waals surface area (Å²) in [7, 11) is 0. The minimum Gasteiger partial charge on any atom is -0.434 e. The Labute approximate surface area is 171 Å². The molecular formula is C20H24ClF5N2O. The van der Waals surface area contributed by atoms with Crippen molar-refractivity contribution in [3.63, 3.8) is 0 Å². The van der Waals surface area contributed by atoms with E-state index in [0.29, 0.717) is 40.5 Å². The summed E-state index contributed by atoms with van der Waals surface area (Å²) < 4.78 is 70.8. The van der Waals surface area contributed by atoms with Crippen LogP contribution in [0.3, 0.4) is 0 Å². The molecule has 0 N–H and O–H groups in total. The van der Waals surface area contributed by atoms with Crippen LogP contribution in [0.25, 0.3) is 11.3 Å². The van der Waals surface area contributed by atoms with E-state index in [2.05, 4.69) is 5.10 Å². The Morgan fingerprint density at radius 3 is 2.34 bits per heavy atom. The first kappa shape index (κ1) is 23.4. The predicted octanol–water partition coefficient (Wildman–Crippen LogP) is 6.91. The molecule has 29 heavy (non-hydrogen) atoms. The van der Waals surface area contributed by atoms with E-state index < -0.39 is 24.6 Å². The van der Waals surface area contributed by atoms with Gasteiger partial charge in [0.2, 0.25) is 0 Å². The van der Waals surface area contributed by atoms with Gasteiger partial charge in [0.05, 0.1) is 16.4 Å². The van der Waals surface area contributed by atoms with Crippen LogP contribution in [0.1, 0.15) is 45.4 Å². The van der Waals surface area contributed by atoms with Crippen molar-refractivity contribution in [2.75, 3.05) is 0 Å². The second-order valence-corrected chi connectivity index (χ2v) is 8.00. The zero-order valence-electron chi connectivity index (χ0n) is 16.7. The largest absolute Gasteiger partial charge is 0.434 e. The lowest BCUT2D eigenvalue weighted by atomic mass is 9.82. The van der Waals surface area contributed by atoms with Crippen LogP contribution >= 0.6 is 11.6 Å². The van der Waals surface area contributed by atoms with E-state index in [4.69, 9.17) is 16.3 Å². The van der Waals surface area contributed by atoms with Crippen LogP contribution in [0.4, 0.5) is 22.0 Å². The molecule has 0 radical (unpaired) electrons. The molecule has 0 bridgehead atoms. The van der Waals surface area contributed by atoms with Crippen LogP contribution in [0.15, 0.2) is 18.2 Å². The highest BCUT2D eigenvalue weighted by Crippen LogP contribution is 2.40. The van der Waals surface area contributed by atoms with Gasteiger partial charge in [-0.2, -0.15) is 27.1 Å². The van der Waals surface area contributed by atoms with Crippen molar-refractivity contribution in [1.29, 1.82) is 0 Å². The number of aromatic nitrogens is 2. The minimum absolute atomic E-state index is 0.0490. The van der Waals surface area contributed by atoms with Gasteiger partial charge in [-0.05, 0) is 42.9 Å². The molecule has 2 rings (SSSR count). The van der Waals surface area contributed by atoms with E-state index in [9.17, 15) is 22.0 Å². The van der Waals surface area contributed by atoms with E-state index in [1.807, 2.05) is 13.8 Å². The fraction of sp³-hybridized carbons (Fsp3) is 0.550. The third-order valence-electron chi connectivity index (χ3n) is 4.47. The summed E-state index contributed by atoms with van der Waals surface area (Å²) in [6.45, 7) is 4.06. The molecule has 1 aromatic carbocycles. The van der Waals surface area contributed by atoms with Crippen molar-refractivity contribution in [3.8, 4) is 17.0 Å². The number of alkyl halides is 5. The first-order chi connectivity index (χ1) is 13.4. The van der Waals surface area contributed by atoms with Crippen LogP contribution in [0.2, 0.25) is 5.02 Å². The molecule has 0 saturated heterocycles. The molecule has 162 valence electrons. The second-order valence-electron chi connectivity index (χ2n) is 7.62. The average molecular weight is 439 g/mol. The lowest BCUT2D eigenvalue weighted by Gasteiger charge is -2.26. The molecular weight excluding hydrogens is 415 g/mol. The highest BCUT2D eigenvalue weighted by Gasteiger charge is 2.36. The minimum atomic E-state index is -4.32. The summed E-state index contributed by atoms with van der Waals surface area (Å²) in [5.41, 5.74) is 0.763. The molecule has 0 aliphatic carbocycles. The van der Waals surface area contributed by atoms with E-state index in [1.54, 1.807) is 16.8 Å². The number of hydrogen-bond donors (Lipinski definition) is 0. The third-order valence-corrected chi connectivity index (χ3v) is 4.87. The highest BCUT2D eigenvalue weighted by molar-refractivity contribution is 6.33. The van der Waals surface area contributed by atoms with Crippen LogP contribution < -0.4 is 4.74 Å². The molecule has 0 spiro atoms. The quantitative estimate of drug-likeness (QED) is 0.419. The van der Waals surface area contributed by atoms with E-state index in [1.165, 1.54) is 19.9 Å². The first-order valence-electron chi connectivity index (χ1n) is 9.27. The summed E-state index contributed by atoms with van der Waals surface area (Å²) in [6, 6.07) is 4.51. The number of benzene rings is 1. The molecule has 3 nitrogen and oxygen atoms in total. The van der Waals surface area contributed by atoms with Crippen LogP contribution in [0, 0.1) is 5.41 Å². The second kappa shape index (κ2) is 8.90. The molecule has 0 fully saturated rings. The molecule has 1 heterocycles. The Morgan fingerprint density at radius 2 is 1.83 bits per heavy atom. The zero-order chi connectivity index (χ0) is 22.0. The summed E-state index contributed by atoms with van der Waals surface area (Å²) in [5, 5.41) is 4.73. The van der Waals surface area contributed by atoms with Crippen LogP contribution in [-0.4, -0.2) is 22.6 Å². The van der Waals surface area contributed by atoms with Crippen LogP contribution in [-0.2, 0) is 19.4 Å². The molecule has 0 amide bonds. The zero-order valence-corrected chi connectivity index (χ0v) is 17.5. The summed E-state index contributed by atoms with van der Waals surface area (Å²) >= 11 is 6.42. The van der Waals surface area contributed by atoms with Gasteiger partial charge in [0.1, 0.15) is 5.75 Å². The SMILES string of the molecule is CCc1nn(CC)c(-c2ccc(CC(C)(C)CC(F)(F)F)cc2OC(F)F)c1Cl. The normalized spacial score (nSPS) is 12.7. The van der Waals surface area contributed by atoms with Crippen molar-refractivity contribution >= 4 is 11.6 Å². The molecule has 0 saturated carbocycles. The van der Waals surface area contributed by atoms with E-state index in [-0.39, 0.29) is 12.2 Å². The summed E-state index contributed by atoms with van der Waals surface area (Å²) in [5.74, 6) is -0.139. The molecule has 0 aliphatic rings. The fourth-order valence-electron chi connectivity index (χ4n) is 3.43. The Kier molecular flexibility index (Phi) is 7.19. The maximum atomic E-state index is 13.0. The number of nitrogens with zero attached hydrogens (tertiary/aromatic N) is 2. The molecule has 0 unspecified atom stereocenters. The van der Waals surface area contributed by atoms with Gasteiger partial charge in [-0.15, -0.1) is 0 Å². The Morgan fingerprint density at radius 1 is 1.17 bits per heavy atom. The molecule has 0 atom stereocenters. The highest BCUT2D eigenvalue weighted by atomic mass is 35.5. The summed E-state index contributed by atoms with van der Waals surface area (Å²) in [6.07, 6.45) is -4.69. The van der Waals surface area contributed by atoms with Crippen molar-refractivity contribution in [2.24, 2.45) is 5.41 Å².